The molecule has 1 atom stereocenters. The Morgan fingerprint density at radius 1 is 1.19 bits per heavy atom. The Labute approximate surface area is 134 Å². The first-order chi connectivity index (χ1) is 9.55. The molecule has 1 aromatic carbocycles. The molecule has 21 heavy (non-hydrogen) atoms. The normalized spacial score (nSPS) is 18.6. The summed E-state index contributed by atoms with van der Waals surface area (Å²) in [6.45, 7) is 7.06. The Hall–Kier alpha value is -0.620. The molecule has 1 heterocycles. The molecule has 2 rings (SSSR count). The van der Waals surface area contributed by atoms with Gasteiger partial charge in [-0.1, -0.05) is 26.0 Å². The van der Waals surface area contributed by atoms with E-state index in [0.717, 1.165) is 25.9 Å². The number of rotatable bonds is 4. The number of nitrogens with zero attached hydrogens (tertiary/aromatic N) is 1. The first-order valence-electron chi connectivity index (χ1n) is 7.36. The highest BCUT2D eigenvalue weighted by atomic mass is 35.5. The van der Waals surface area contributed by atoms with Gasteiger partial charge in [-0.15, -0.1) is 12.4 Å². The van der Waals surface area contributed by atoms with Gasteiger partial charge >= 0.3 is 0 Å². The van der Waals surface area contributed by atoms with E-state index in [1.807, 2.05) is 12.1 Å². The predicted molar refractivity (Wildman–Crippen MR) is 88.6 cm³/mol. The molecule has 0 aliphatic carbocycles. The molecule has 120 valence electrons. The van der Waals surface area contributed by atoms with Crippen molar-refractivity contribution in [2.24, 2.45) is 0 Å². The summed E-state index contributed by atoms with van der Waals surface area (Å²) in [6, 6.07) is 7.37. The van der Waals surface area contributed by atoms with E-state index in [9.17, 15) is 8.42 Å². The highest BCUT2D eigenvalue weighted by Gasteiger charge is 2.24. The topological polar surface area (TPSA) is 49.4 Å². The number of nitrogens with one attached hydrogen (secondary N) is 1. The predicted octanol–water partition coefficient (Wildman–Crippen LogP) is 2.61. The fourth-order valence-electron chi connectivity index (χ4n) is 2.41. The molecule has 1 saturated heterocycles. The number of halogens is 1. The molecule has 1 unspecified atom stereocenters. The van der Waals surface area contributed by atoms with Crippen LogP contribution in [0.25, 0.3) is 0 Å². The maximum atomic E-state index is 12.6. The molecule has 1 aromatic rings. The number of hydrogen-bond acceptors (Lipinski definition) is 3. The van der Waals surface area contributed by atoms with E-state index >= 15 is 0 Å². The van der Waals surface area contributed by atoms with Crippen molar-refractivity contribution in [1.82, 2.24) is 9.62 Å². The van der Waals surface area contributed by atoms with Crippen LogP contribution >= 0.6 is 12.4 Å². The molecule has 0 radical (unpaired) electrons. The van der Waals surface area contributed by atoms with Crippen molar-refractivity contribution in [2.75, 3.05) is 26.2 Å². The fourth-order valence-corrected chi connectivity index (χ4v) is 3.89. The van der Waals surface area contributed by atoms with E-state index in [2.05, 4.69) is 19.2 Å². The summed E-state index contributed by atoms with van der Waals surface area (Å²) in [5.74, 6) is 0.467. The Kier molecular flexibility index (Phi) is 7.13. The van der Waals surface area contributed by atoms with Crippen LogP contribution in [0.3, 0.4) is 0 Å². The third-order valence-electron chi connectivity index (χ3n) is 4.00. The second-order valence-electron chi connectivity index (χ2n) is 5.39. The maximum absolute atomic E-state index is 12.6. The first kappa shape index (κ1) is 18.4. The first-order valence-corrected chi connectivity index (χ1v) is 8.80. The quantitative estimate of drug-likeness (QED) is 0.922. The van der Waals surface area contributed by atoms with Gasteiger partial charge in [-0.2, -0.15) is 4.31 Å². The molecule has 1 aliphatic rings. The van der Waals surface area contributed by atoms with E-state index in [-0.39, 0.29) is 12.4 Å². The Bertz CT molecular complexity index is 523. The molecule has 0 saturated carbocycles. The summed E-state index contributed by atoms with van der Waals surface area (Å²) in [7, 11) is -3.34. The van der Waals surface area contributed by atoms with Crippen molar-refractivity contribution < 1.29 is 8.42 Å². The van der Waals surface area contributed by atoms with E-state index in [4.69, 9.17) is 0 Å². The molecular formula is C15H25ClN2O2S. The van der Waals surface area contributed by atoms with Gasteiger partial charge in [0.2, 0.25) is 10.0 Å². The minimum absolute atomic E-state index is 0. The highest BCUT2D eigenvalue weighted by molar-refractivity contribution is 7.89. The SMILES string of the molecule is CCC(C)c1ccc(S(=O)(=O)N2CCCNCC2)cc1.Cl. The van der Waals surface area contributed by atoms with Crippen molar-refractivity contribution >= 4 is 22.4 Å². The molecule has 0 aromatic heterocycles. The summed E-state index contributed by atoms with van der Waals surface area (Å²) in [6.07, 6.45) is 1.92. The molecule has 0 spiro atoms. The zero-order valence-electron chi connectivity index (χ0n) is 12.7. The summed E-state index contributed by atoms with van der Waals surface area (Å²) >= 11 is 0. The average molecular weight is 333 g/mol. The monoisotopic (exact) mass is 332 g/mol. The van der Waals surface area contributed by atoms with Crippen LogP contribution in [0.15, 0.2) is 29.2 Å². The van der Waals surface area contributed by atoms with Crippen LogP contribution in [-0.4, -0.2) is 38.9 Å². The van der Waals surface area contributed by atoms with Crippen molar-refractivity contribution in [1.29, 1.82) is 0 Å². The molecule has 0 amide bonds. The second-order valence-corrected chi connectivity index (χ2v) is 7.32. The van der Waals surface area contributed by atoms with Crippen LogP contribution in [0.2, 0.25) is 0 Å². The van der Waals surface area contributed by atoms with E-state index in [1.165, 1.54) is 5.56 Å². The zero-order valence-corrected chi connectivity index (χ0v) is 14.3. The summed E-state index contributed by atoms with van der Waals surface area (Å²) in [5, 5.41) is 3.23. The number of sulfonamides is 1. The lowest BCUT2D eigenvalue weighted by atomic mass is 9.99. The van der Waals surface area contributed by atoms with Gasteiger partial charge in [0, 0.05) is 19.6 Å². The van der Waals surface area contributed by atoms with Gasteiger partial charge in [0.05, 0.1) is 4.90 Å². The van der Waals surface area contributed by atoms with Gasteiger partial charge in [0.1, 0.15) is 0 Å². The largest absolute Gasteiger partial charge is 0.315 e. The highest BCUT2D eigenvalue weighted by Crippen LogP contribution is 2.22. The summed E-state index contributed by atoms with van der Waals surface area (Å²) in [4.78, 5) is 0.409. The van der Waals surface area contributed by atoms with Crippen LogP contribution in [0, 0.1) is 0 Å². The summed E-state index contributed by atoms with van der Waals surface area (Å²) in [5.41, 5.74) is 1.20. The van der Waals surface area contributed by atoms with Crippen LogP contribution in [0.1, 0.15) is 38.2 Å². The van der Waals surface area contributed by atoms with Gasteiger partial charge in [-0.3, -0.25) is 0 Å². The third kappa shape index (κ3) is 4.42. The van der Waals surface area contributed by atoms with Crippen molar-refractivity contribution in [3.05, 3.63) is 29.8 Å². The molecule has 1 N–H and O–H groups in total. The van der Waals surface area contributed by atoms with Crippen molar-refractivity contribution in [2.45, 2.75) is 37.5 Å². The molecule has 1 fully saturated rings. The smallest absolute Gasteiger partial charge is 0.243 e. The van der Waals surface area contributed by atoms with E-state index in [1.54, 1.807) is 16.4 Å². The third-order valence-corrected chi connectivity index (χ3v) is 5.91. The molecule has 4 nitrogen and oxygen atoms in total. The lowest BCUT2D eigenvalue weighted by Gasteiger charge is -2.20. The minimum atomic E-state index is -3.34. The summed E-state index contributed by atoms with van der Waals surface area (Å²) < 4.78 is 26.8. The second kappa shape index (κ2) is 8.13. The van der Waals surface area contributed by atoms with Crippen LogP contribution in [0.5, 0.6) is 0 Å². The van der Waals surface area contributed by atoms with Crippen molar-refractivity contribution in [3.63, 3.8) is 0 Å². The van der Waals surface area contributed by atoms with E-state index in [0.29, 0.717) is 23.9 Å². The Morgan fingerprint density at radius 2 is 1.86 bits per heavy atom. The fraction of sp³-hybridized carbons (Fsp3) is 0.600. The lowest BCUT2D eigenvalue weighted by Crippen LogP contribution is -2.34. The van der Waals surface area contributed by atoms with Gasteiger partial charge in [0.15, 0.2) is 0 Å². The van der Waals surface area contributed by atoms with Crippen LogP contribution < -0.4 is 5.32 Å². The standard InChI is InChI=1S/C15H24N2O2S.ClH/c1-3-13(2)14-5-7-15(8-6-14)20(18,19)17-11-4-9-16-10-12-17;/h5-8,13,16H,3-4,9-12H2,1-2H3;1H. The van der Waals surface area contributed by atoms with Crippen LogP contribution in [0.4, 0.5) is 0 Å². The molecular weight excluding hydrogens is 308 g/mol. The van der Waals surface area contributed by atoms with Gasteiger partial charge in [-0.25, -0.2) is 8.42 Å². The molecule has 6 heteroatoms. The average Bonchev–Trinajstić information content (AvgIpc) is 2.76. The maximum Gasteiger partial charge on any atom is 0.243 e. The molecule has 0 bridgehead atoms. The van der Waals surface area contributed by atoms with Gasteiger partial charge in [-0.05, 0) is 43.0 Å². The lowest BCUT2D eigenvalue weighted by molar-refractivity contribution is 0.432. The Balaban J connectivity index is 0.00000220. The Morgan fingerprint density at radius 3 is 2.48 bits per heavy atom. The van der Waals surface area contributed by atoms with Gasteiger partial charge in [0.25, 0.3) is 0 Å². The number of hydrogen-bond donors (Lipinski definition) is 1. The molecule has 1 aliphatic heterocycles. The number of benzene rings is 1. The van der Waals surface area contributed by atoms with E-state index < -0.39 is 10.0 Å². The van der Waals surface area contributed by atoms with Crippen LogP contribution in [-0.2, 0) is 10.0 Å². The van der Waals surface area contributed by atoms with Gasteiger partial charge < -0.3 is 5.32 Å². The zero-order chi connectivity index (χ0) is 14.6. The van der Waals surface area contributed by atoms with Crippen molar-refractivity contribution in [3.8, 4) is 0 Å². The minimum Gasteiger partial charge on any atom is -0.315 e.